The van der Waals surface area contributed by atoms with Gasteiger partial charge in [0.05, 0.1) is 12.1 Å². The van der Waals surface area contributed by atoms with E-state index in [2.05, 4.69) is 4.98 Å². The van der Waals surface area contributed by atoms with E-state index in [0.717, 1.165) is 0 Å². The fraction of sp³-hybridized carbons (Fsp3) is 0.500. The van der Waals surface area contributed by atoms with Crippen LogP contribution in [0.3, 0.4) is 0 Å². The van der Waals surface area contributed by atoms with E-state index < -0.39 is 18.6 Å². The van der Waals surface area contributed by atoms with Gasteiger partial charge in [-0.3, -0.25) is 4.79 Å². The lowest BCUT2D eigenvalue weighted by molar-refractivity contribution is -0.141. The lowest BCUT2D eigenvalue weighted by Crippen LogP contribution is -2.12. The number of aliphatic carboxylic acids is 1. The predicted molar refractivity (Wildman–Crippen MR) is 41.8 cm³/mol. The highest BCUT2D eigenvalue weighted by Gasteiger charge is 2.14. The molecule has 0 radical (unpaired) electrons. The minimum absolute atomic E-state index is 0.132. The Kier molecular flexibility index (Phi) is 3.00. The van der Waals surface area contributed by atoms with Crippen LogP contribution in [0.15, 0.2) is 10.6 Å². The van der Waals surface area contributed by atoms with Crippen molar-refractivity contribution in [2.45, 2.75) is 20.0 Å². The minimum atomic E-state index is -0.917. The molecule has 0 fully saturated rings. The maximum atomic E-state index is 12.0. The molecule has 0 aromatic carbocycles. The highest BCUT2D eigenvalue weighted by atomic mass is 19.1. The summed E-state index contributed by atoms with van der Waals surface area (Å²) >= 11 is 0. The molecule has 0 aliphatic heterocycles. The van der Waals surface area contributed by atoms with Crippen LogP contribution in [0.1, 0.15) is 18.6 Å². The summed E-state index contributed by atoms with van der Waals surface area (Å²) in [5, 5.41) is 8.56. The molecule has 0 aliphatic rings. The molecule has 1 N–H and O–H groups in total. The molecule has 0 aliphatic carbocycles. The second-order valence-corrected chi connectivity index (χ2v) is 2.80. The molecule has 1 atom stereocenters. The predicted octanol–water partition coefficient (Wildman–Crippen LogP) is 1.41. The zero-order valence-electron chi connectivity index (χ0n) is 7.16. The highest BCUT2D eigenvalue weighted by Crippen LogP contribution is 2.10. The van der Waals surface area contributed by atoms with Gasteiger partial charge in [-0.25, -0.2) is 9.37 Å². The second-order valence-electron chi connectivity index (χ2n) is 2.80. The van der Waals surface area contributed by atoms with Crippen LogP contribution in [0, 0.1) is 5.92 Å². The van der Waals surface area contributed by atoms with Crippen LogP contribution in [-0.4, -0.2) is 16.1 Å². The Hall–Kier alpha value is -1.39. The summed E-state index contributed by atoms with van der Waals surface area (Å²) in [5.41, 5.74) is 0. The van der Waals surface area contributed by atoms with E-state index >= 15 is 0 Å². The van der Waals surface area contributed by atoms with Crippen LogP contribution in [0.2, 0.25) is 0 Å². The Balaban J connectivity index is 2.58. The topological polar surface area (TPSA) is 63.3 Å². The van der Waals surface area contributed by atoms with Crippen molar-refractivity contribution >= 4 is 5.97 Å². The summed E-state index contributed by atoms with van der Waals surface area (Å²) in [6.45, 7) is 0.829. The summed E-state index contributed by atoms with van der Waals surface area (Å²) in [6, 6.07) is 0. The van der Waals surface area contributed by atoms with E-state index in [0.29, 0.717) is 0 Å². The first kappa shape index (κ1) is 9.70. The number of hydrogen-bond donors (Lipinski definition) is 1. The molecule has 0 bridgehead atoms. The molecule has 0 spiro atoms. The number of halogens is 1. The first-order valence-corrected chi connectivity index (χ1v) is 3.86. The van der Waals surface area contributed by atoms with Crippen LogP contribution in [-0.2, 0) is 17.9 Å². The van der Waals surface area contributed by atoms with E-state index in [1.807, 2.05) is 0 Å². The number of rotatable bonds is 4. The summed E-state index contributed by atoms with van der Waals surface area (Å²) in [6.07, 6.45) is 1.46. The maximum Gasteiger partial charge on any atom is 0.306 e. The van der Waals surface area contributed by atoms with E-state index in [-0.39, 0.29) is 18.1 Å². The van der Waals surface area contributed by atoms with E-state index in [1.165, 1.54) is 6.20 Å². The smallest absolute Gasteiger partial charge is 0.306 e. The Morgan fingerprint density at radius 3 is 3.00 bits per heavy atom. The normalized spacial score (nSPS) is 12.8. The number of carboxylic acids is 1. The third kappa shape index (κ3) is 2.54. The van der Waals surface area contributed by atoms with Crippen LogP contribution in [0.5, 0.6) is 0 Å². The van der Waals surface area contributed by atoms with Crippen molar-refractivity contribution in [2.75, 3.05) is 0 Å². The van der Waals surface area contributed by atoms with Crippen molar-refractivity contribution in [3.63, 3.8) is 0 Å². The number of hydrogen-bond acceptors (Lipinski definition) is 3. The monoisotopic (exact) mass is 187 g/mol. The van der Waals surface area contributed by atoms with Gasteiger partial charge in [-0.1, -0.05) is 6.92 Å². The van der Waals surface area contributed by atoms with Crippen molar-refractivity contribution in [1.82, 2.24) is 4.98 Å². The van der Waals surface area contributed by atoms with Crippen LogP contribution >= 0.6 is 0 Å². The zero-order chi connectivity index (χ0) is 9.84. The number of aromatic nitrogens is 1. The molecular weight excluding hydrogens is 177 g/mol. The maximum absolute atomic E-state index is 12.0. The Morgan fingerprint density at radius 2 is 2.54 bits per heavy atom. The van der Waals surface area contributed by atoms with Gasteiger partial charge in [0.1, 0.15) is 6.67 Å². The van der Waals surface area contributed by atoms with Crippen molar-refractivity contribution in [2.24, 2.45) is 5.92 Å². The average molecular weight is 187 g/mol. The third-order valence-electron chi connectivity index (χ3n) is 1.64. The van der Waals surface area contributed by atoms with Gasteiger partial charge in [0.2, 0.25) is 0 Å². The molecule has 72 valence electrons. The molecule has 0 saturated heterocycles. The lowest BCUT2D eigenvalue weighted by Gasteiger charge is -2.00. The number of carbonyl (C=O) groups is 1. The van der Waals surface area contributed by atoms with Gasteiger partial charge in [0, 0.05) is 6.42 Å². The molecular formula is C8H10FNO3. The number of oxazole rings is 1. The minimum Gasteiger partial charge on any atom is -0.481 e. The lowest BCUT2D eigenvalue weighted by atomic mass is 10.1. The van der Waals surface area contributed by atoms with Crippen molar-refractivity contribution in [3.05, 3.63) is 17.8 Å². The third-order valence-corrected chi connectivity index (χ3v) is 1.64. The van der Waals surface area contributed by atoms with Gasteiger partial charge in [-0.15, -0.1) is 0 Å². The Bertz CT molecular complexity index is 297. The molecule has 13 heavy (non-hydrogen) atoms. The van der Waals surface area contributed by atoms with E-state index in [9.17, 15) is 9.18 Å². The van der Waals surface area contributed by atoms with Crippen LogP contribution in [0.4, 0.5) is 4.39 Å². The molecule has 1 heterocycles. The first-order valence-electron chi connectivity index (χ1n) is 3.86. The number of nitrogens with zero attached hydrogens (tertiary/aromatic N) is 1. The van der Waals surface area contributed by atoms with Gasteiger partial charge in [0.15, 0.2) is 11.7 Å². The second kappa shape index (κ2) is 4.02. The largest absolute Gasteiger partial charge is 0.481 e. The molecule has 0 amide bonds. The fourth-order valence-corrected chi connectivity index (χ4v) is 0.853. The quantitative estimate of drug-likeness (QED) is 0.773. The van der Waals surface area contributed by atoms with Gasteiger partial charge in [-0.05, 0) is 0 Å². The molecule has 1 aromatic rings. The molecule has 1 rings (SSSR count). The molecule has 0 saturated carbocycles. The van der Waals surface area contributed by atoms with Crippen molar-refractivity contribution in [3.8, 4) is 0 Å². The Morgan fingerprint density at radius 1 is 1.85 bits per heavy atom. The van der Waals surface area contributed by atoms with E-state index in [1.54, 1.807) is 6.92 Å². The summed E-state index contributed by atoms with van der Waals surface area (Å²) in [5.74, 6) is -1.08. The van der Waals surface area contributed by atoms with Crippen molar-refractivity contribution in [1.29, 1.82) is 0 Å². The number of alkyl halides is 1. The first-order chi connectivity index (χ1) is 6.13. The van der Waals surface area contributed by atoms with Crippen molar-refractivity contribution < 1.29 is 18.7 Å². The summed E-state index contributed by atoms with van der Waals surface area (Å²) in [4.78, 5) is 14.2. The van der Waals surface area contributed by atoms with Gasteiger partial charge < -0.3 is 9.52 Å². The molecule has 1 aromatic heterocycles. The summed E-state index contributed by atoms with van der Waals surface area (Å²) < 4.78 is 16.9. The van der Waals surface area contributed by atoms with Gasteiger partial charge >= 0.3 is 5.97 Å². The van der Waals surface area contributed by atoms with Crippen LogP contribution in [0.25, 0.3) is 0 Å². The highest BCUT2D eigenvalue weighted by molar-refractivity contribution is 5.69. The number of carboxylic acid groups (broad SMARTS) is 1. The molecule has 1 unspecified atom stereocenters. The van der Waals surface area contributed by atoms with Gasteiger partial charge in [-0.2, -0.15) is 0 Å². The zero-order valence-corrected chi connectivity index (χ0v) is 7.16. The fourth-order valence-electron chi connectivity index (χ4n) is 0.853. The molecule has 5 heteroatoms. The SMILES string of the molecule is CC(Cc1ncc(CF)o1)C(=O)O. The van der Waals surface area contributed by atoms with E-state index in [4.69, 9.17) is 9.52 Å². The Labute approximate surface area is 74.4 Å². The van der Waals surface area contributed by atoms with Crippen LogP contribution < -0.4 is 0 Å². The molecule has 4 nitrogen and oxygen atoms in total. The average Bonchev–Trinajstić information content (AvgIpc) is 2.52. The van der Waals surface area contributed by atoms with Gasteiger partial charge in [0.25, 0.3) is 0 Å². The summed E-state index contributed by atoms with van der Waals surface area (Å²) in [7, 11) is 0. The standard InChI is InChI=1S/C8H10FNO3/c1-5(8(11)12)2-7-10-4-6(3-9)13-7/h4-5H,2-3H2,1H3,(H,11,12).